The fourth-order valence-corrected chi connectivity index (χ4v) is 1.93. The third-order valence-corrected chi connectivity index (χ3v) is 2.94. The SMILES string of the molecule is COC(=O)CCc1c(C)[nH]c(C=O)c1CC(=O)OC. The Kier molecular flexibility index (Phi) is 5.29. The average Bonchev–Trinajstić information content (AvgIpc) is 2.71. The van der Waals surface area contributed by atoms with E-state index in [1.54, 1.807) is 6.92 Å². The lowest BCUT2D eigenvalue weighted by Crippen LogP contribution is -2.09. The minimum atomic E-state index is -0.429. The van der Waals surface area contributed by atoms with E-state index in [-0.39, 0.29) is 18.8 Å². The number of hydrogen-bond acceptors (Lipinski definition) is 5. The average molecular weight is 267 g/mol. The molecule has 1 rings (SSSR count). The molecular weight excluding hydrogens is 250 g/mol. The first kappa shape index (κ1) is 14.9. The van der Waals surface area contributed by atoms with Crippen LogP contribution in [0.5, 0.6) is 0 Å². The number of aromatic nitrogens is 1. The molecule has 0 aliphatic carbocycles. The van der Waals surface area contributed by atoms with Gasteiger partial charge >= 0.3 is 11.9 Å². The van der Waals surface area contributed by atoms with Gasteiger partial charge < -0.3 is 14.5 Å². The molecule has 0 saturated heterocycles. The van der Waals surface area contributed by atoms with Crippen LogP contribution in [0.4, 0.5) is 0 Å². The van der Waals surface area contributed by atoms with Gasteiger partial charge in [0.05, 0.1) is 26.3 Å². The van der Waals surface area contributed by atoms with Gasteiger partial charge in [-0.25, -0.2) is 0 Å². The lowest BCUT2D eigenvalue weighted by atomic mass is 10.0. The summed E-state index contributed by atoms with van der Waals surface area (Å²) in [6.07, 6.45) is 1.27. The molecule has 1 aromatic heterocycles. The van der Waals surface area contributed by atoms with Crippen molar-refractivity contribution in [3.8, 4) is 0 Å². The largest absolute Gasteiger partial charge is 0.469 e. The van der Waals surface area contributed by atoms with Crippen LogP contribution < -0.4 is 0 Å². The number of rotatable bonds is 6. The molecular formula is C13H17NO5. The molecule has 1 N–H and O–H groups in total. The topological polar surface area (TPSA) is 85.5 Å². The van der Waals surface area contributed by atoms with Crippen LogP contribution in [-0.4, -0.2) is 37.4 Å². The predicted molar refractivity (Wildman–Crippen MR) is 67.0 cm³/mol. The van der Waals surface area contributed by atoms with E-state index in [4.69, 9.17) is 0 Å². The summed E-state index contributed by atoms with van der Waals surface area (Å²) < 4.78 is 9.18. The molecule has 0 amide bonds. The molecule has 0 aromatic carbocycles. The normalized spacial score (nSPS) is 10.1. The van der Waals surface area contributed by atoms with E-state index in [2.05, 4.69) is 14.5 Å². The van der Waals surface area contributed by atoms with Crippen molar-refractivity contribution in [3.63, 3.8) is 0 Å². The molecule has 1 aromatic rings. The Hall–Kier alpha value is -2.11. The molecule has 0 aliphatic rings. The highest BCUT2D eigenvalue weighted by Gasteiger charge is 2.18. The smallest absolute Gasteiger partial charge is 0.310 e. The van der Waals surface area contributed by atoms with Crippen LogP contribution in [0.1, 0.15) is 33.7 Å². The number of methoxy groups -OCH3 is 2. The van der Waals surface area contributed by atoms with Crippen LogP contribution in [0.2, 0.25) is 0 Å². The van der Waals surface area contributed by atoms with Gasteiger partial charge in [-0.2, -0.15) is 0 Å². The fourth-order valence-electron chi connectivity index (χ4n) is 1.93. The van der Waals surface area contributed by atoms with Gasteiger partial charge in [0.1, 0.15) is 0 Å². The summed E-state index contributed by atoms with van der Waals surface area (Å²) in [4.78, 5) is 36.4. The van der Waals surface area contributed by atoms with Crippen molar-refractivity contribution < 1.29 is 23.9 Å². The number of esters is 2. The highest BCUT2D eigenvalue weighted by atomic mass is 16.5. The number of aldehydes is 1. The van der Waals surface area contributed by atoms with Crippen LogP contribution in [0.15, 0.2) is 0 Å². The molecule has 0 saturated carbocycles. The number of aryl methyl sites for hydroxylation is 1. The van der Waals surface area contributed by atoms with Crippen LogP contribution in [0.3, 0.4) is 0 Å². The molecule has 19 heavy (non-hydrogen) atoms. The van der Waals surface area contributed by atoms with Crippen molar-refractivity contribution in [2.75, 3.05) is 14.2 Å². The first-order chi connectivity index (χ1) is 9.03. The molecule has 0 aliphatic heterocycles. The Morgan fingerprint density at radius 3 is 2.32 bits per heavy atom. The Morgan fingerprint density at radius 2 is 1.79 bits per heavy atom. The predicted octanol–water partition coefficient (Wildman–Crippen LogP) is 0.957. The van der Waals surface area contributed by atoms with E-state index in [1.807, 2.05) is 0 Å². The van der Waals surface area contributed by atoms with Crippen LogP contribution in [0, 0.1) is 6.92 Å². The molecule has 1 heterocycles. The fraction of sp³-hybridized carbons (Fsp3) is 0.462. The zero-order chi connectivity index (χ0) is 14.4. The van der Waals surface area contributed by atoms with Gasteiger partial charge in [-0.15, -0.1) is 0 Å². The highest BCUT2D eigenvalue weighted by molar-refractivity contribution is 5.82. The molecule has 0 atom stereocenters. The van der Waals surface area contributed by atoms with Crippen molar-refractivity contribution in [2.45, 2.75) is 26.2 Å². The van der Waals surface area contributed by atoms with Gasteiger partial charge in [-0.05, 0) is 24.5 Å². The first-order valence-electron chi connectivity index (χ1n) is 5.82. The van der Waals surface area contributed by atoms with Gasteiger partial charge in [0.25, 0.3) is 0 Å². The second-order valence-electron chi connectivity index (χ2n) is 4.07. The Labute approximate surface area is 111 Å². The number of aromatic amines is 1. The van der Waals surface area contributed by atoms with Crippen molar-refractivity contribution in [3.05, 3.63) is 22.5 Å². The first-order valence-corrected chi connectivity index (χ1v) is 5.82. The summed E-state index contributed by atoms with van der Waals surface area (Å²) in [5.41, 5.74) is 2.49. The van der Waals surface area contributed by atoms with E-state index in [0.717, 1.165) is 11.3 Å². The minimum absolute atomic E-state index is 0.00538. The second kappa shape index (κ2) is 6.72. The third kappa shape index (κ3) is 3.67. The molecule has 6 nitrogen and oxygen atoms in total. The third-order valence-electron chi connectivity index (χ3n) is 2.94. The van der Waals surface area contributed by atoms with Crippen molar-refractivity contribution in [1.29, 1.82) is 0 Å². The molecule has 0 fully saturated rings. The molecule has 6 heteroatoms. The number of nitrogens with one attached hydrogen (secondary N) is 1. The zero-order valence-corrected chi connectivity index (χ0v) is 11.2. The summed E-state index contributed by atoms with van der Waals surface area (Å²) in [6, 6.07) is 0. The maximum absolute atomic E-state index is 11.4. The summed E-state index contributed by atoms with van der Waals surface area (Å²) in [7, 11) is 2.61. The molecule has 0 spiro atoms. The highest BCUT2D eigenvalue weighted by Crippen LogP contribution is 2.20. The zero-order valence-electron chi connectivity index (χ0n) is 11.2. The van der Waals surface area contributed by atoms with Gasteiger partial charge in [0, 0.05) is 12.1 Å². The maximum atomic E-state index is 11.4. The minimum Gasteiger partial charge on any atom is -0.469 e. The summed E-state index contributed by atoms with van der Waals surface area (Å²) in [5.74, 6) is -0.765. The van der Waals surface area contributed by atoms with Gasteiger partial charge in [-0.1, -0.05) is 0 Å². The summed E-state index contributed by atoms with van der Waals surface area (Å²) in [5, 5.41) is 0. The quantitative estimate of drug-likeness (QED) is 0.613. The number of H-pyrrole nitrogens is 1. The molecule has 0 radical (unpaired) electrons. The van der Waals surface area contributed by atoms with E-state index >= 15 is 0 Å². The van der Waals surface area contributed by atoms with Crippen LogP contribution >= 0.6 is 0 Å². The lowest BCUT2D eigenvalue weighted by Gasteiger charge is -2.05. The van der Waals surface area contributed by atoms with Gasteiger partial charge in [-0.3, -0.25) is 14.4 Å². The molecule has 0 bridgehead atoms. The molecule has 104 valence electrons. The van der Waals surface area contributed by atoms with E-state index in [9.17, 15) is 14.4 Å². The van der Waals surface area contributed by atoms with Crippen molar-refractivity contribution >= 4 is 18.2 Å². The van der Waals surface area contributed by atoms with Gasteiger partial charge in [0.15, 0.2) is 6.29 Å². The van der Waals surface area contributed by atoms with E-state index in [1.165, 1.54) is 14.2 Å². The van der Waals surface area contributed by atoms with Gasteiger partial charge in [0.2, 0.25) is 0 Å². The Balaban J connectivity index is 3.00. The number of carbonyl (C=O) groups excluding carboxylic acids is 3. The lowest BCUT2D eigenvalue weighted by molar-refractivity contribution is -0.140. The molecule has 0 unspecified atom stereocenters. The second-order valence-corrected chi connectivity index (χ2v) is 4.07. The van der Waals surface area contributed by atoms with Crippen molar-refractivity contribution in [1.82, 2.24) is 4.98 Å². The Bertz CT molecular complexity index is 489. The van der Waals surface area contributed by atoms with Crippen LogP contribution in [-0.2, 0) is 31.9 Å². The Morgan fingerprint density at radius 1 is 1.16 bits per heavy atom. The standard InChI is InChI=1S/C13H17NO5/c1-8-9(4-5-12(16)18-2)10(6-13(17)19-3)11(7-15)14-8/h7,14H,4-6H2,1-3H3. The summed E-state index contributed by atoms with van der Waals surface area (Å²) in [6.45, 7) is 1.79. The monoisotopic (exact) mass is 267 g/mol. The maximum Gasteiger partial charge on any atom is 0.310 e. The van der Waals surface area contributed by atoms with Crippen molar-refractivity contribution in [2.24, 2.45) is 0 Å². The number of ether oxygens (including phenoxy) is 2. The van der Waals surface area contributed by atoms with E-state index in [0.29, 0.717) is 24.0 Å². The van der Waals surface area contributed by atoms with E-state index < -0.39 is 5.97 Å². The number of hydrogen-bond donors (Lipinski definition) is 1. The van der Waals surface area contributed by atoms with Crippen LogP contribution in [0.25, 0.3) is 0 Å². The summed E-state index contributed by atoms with van der Waals surface area (Å²) >= 11 is 0. The number of carbonyl (C=O) groups is 3.